The summed E-state index contributed by atoms with van der Waals surface area (Å²) in [5.74, 6) is 0. The van der Waals surface area contributed by atoms with Crippen molar-refractivity contribution in [1.82, 2.24) is 0 Å². The molecule has 2 aliphatic rings. The Morgan fingerprint density at radius 1 is 0.674 bits per heavy atom. The first-order valence-electron chi connectivity index (χ1n) is 15.1. The zero-order valence-corrected chi connectivity index (χ0v) is 30.2. The molecule has 0 saturated heterocycles. The fraction of sp³-hybridized carbons (Fsp3) is 0.275. The second-order valence-corrected chi connectivity index (χ2v) is 20.0. The Morgan fingerprint density at radius 2 is 1.19 bits per heavy atom. The molecule has 0 bridgehead atoms. The fourth-order valence-corrected chi connectivity index (χ4v) is 14.1. The second-order valence-electron chi connectivity index (χ2n) is 13.8. The monoisotopic (exact) mass is 682 g/mol. The van der Waals surface area contributed by atoms with Crippen LogP contribution in [0.2, 0.25) is 0 Å². The van der Waals surface area contributed by atoms with Crippen LogP contribution in [0.1, 0.15) is 85.0 Å². The molecule has 0 amide bonds. The number of fused-ring (bicyclic) bond motifs is 3. The van der Waals surface area contributed by atoms with E-state index in [2.05, 4.69) is 154 Å². The zero-order valence-electron chi connectivity index (χ0n) is 26.2. The minimum atomic E-state index is -2.41. The molecule has 0 aliphatic heterocycles. The summed E-state index contributed by atoms with van der Waals surface area (Å²) >= 11 is -2.41. The van der Waals surface area contributed by atoms with Gasteiger partial charge >= 0.3 is 256 Å². The van der Waals surface area contributed by atoms with Gasteiger partial charge in [-0.15, -0.1) is 0 Å². The van der Waals surface area contributed by atoms with Crippen molar-refractivity contribution in [3.63, 3.8) is 0 Å². The van der Waals surface area contributed by atoms with Crippen LogP contribution in [-0.2, 0) is 38.5 Å². The van der Waals surface area contributed by atoms with E-state index in [9.17, 15) is 0 Å². The van der Waals surface area contributed by atoms with E-state index in [0.29, 0.717) is 3.63 Å². The van der Waals surface area contributed by atoms with Crippen molar-refractivity contribution in [3.05, 3.63) is 146 Å². The van der Waals surface area contributed by atoms with Crippen LogP contribution in [0.15, 0.2) is 112 Å². The molecule has 0 saturated carbocycles. The molecule has 6 rings (SSSR count). The van der Waals surface area contributed by atoms with Gasteiger partial charge in [0.05, 0.1) is 0 Å². The van der Waals surface area contributed by atoms with E-state index >= 15 is 0 Å². The standard InChI is InChI=1S/C21H25.C11H9.C8H8.2ClH.Zr/c1-20(2,3)16-7-9-18-14(12-16)11-15-13-17(21(4,5)6)8-10-19(15)18;1-2-6-10(7-3-1)11-8-4-5-9-11;1-2-8-6-4-3-5-7-8;;;/h7-13H,1-6H3;1-3,6-9H,4H2;1,3-7H,2H2;2*1H;/q;;;;;+2/p-2. The van der Waals surface area contributed by atoms with Crippen LogP contribution in [0.3, 0.4) is 0 Å². The molecular weight excluding hydrogens is 643 g/mol. The molecule has 4 aromatic carbocycles. The number of rotatable bonds is 5. The molecule has 0 spiro atoms. The van der Waals surface area contributed by atoms with Gasteiger partial charge in [-0.1, -0.05) is 0 Å². The summed E-state index contributed by atoms with van der Waals surface area (Å²) in [6.45, 7) is 14.1. The summed E-state index contributed by atoms with van der Waals surface area (Å²) in [7, 11) is 0. The molecule has 0 unspecified atom stereocenters. The van der Waals surface area contributed by atoms with Gasteiger partial charge < -0.3 is 24.8 Å². The van der Waals surface area contributed by atoms with Crippen molar-refractivity contribution >= 4 is 9.28 Å². The Morgan fingerprint density at radius 3 is 1.70 bits per heavy atom. The van der Waals surface area contributed by atoms with Crippen LogP contribution in [0, 0.1) is 0 Å². The van der Waals surface area contributed by atoms with Gasteiger partial charge in [0, 0.05) is 0 Å². The van der Waals surface area contributed by atoms with Gasteiger partial charge in [-0.25, -0.2) is 0 Å². The normalized spacial score (nSPS) is 14.3. The van der Waals surface area contributed by atoms with Crippen LogP contribution in [0.4, 0.5) is 0 Å². The van der Waals surface area contributed by atoms with Crippen molar-refractivity contribution in [2.45, 2.75) is 68.8 Å². The molecule has 0 nitrogen and oxygen atoms in total. The number of benzene rings is 4. The van der Waals surface area contributed by atoms with E-state index in [1.165, 1.54) is 39.0 Å². The predicted molar refractivity (Wildman–Crippen MR) is 174 cm³/mol. The Bertz CT molecular complexity index is 1620. The van der Waals surface area contributed by atoms with Crippen LogP contribution in [0.25, 0.3) is 16.7 Å². The Kier molecular flexibility index (Phi) is 10.4. The SMILES string of the molecule is CC(C)(C)c1ccc2c(c1)[CH](/[Zr+2](=[CH]\Cc1ccccc1)[C]1=CC(c3ccccc3)=CC1)c1cc(C(C)(C)C)ccc1-2.[Cl-].[Cl-]. The Labute approximate surface area is 279 Å². The predicted octanol–water partition coefficient (Wildman–Crippen LogP) is 4.39. The van der Waals surface area contributed by atoms with E-state index in [-0.39, 0.29) is 35.6 Å². The third-order valence-electron chi connectivity index (χ3n) is 8.81. The van der Waals surface area contributed by atoms with Crippen LogP contribution in [-0.4, -0.2) is 3.71 Å². The molecule has 3 heteroatoms. The maximum Gasteiger partial charge on any atom is -1.00 e. The molecule has 2 aliphatic carbocycles. The quantitative estimate of drug-likeness (QED) is 0.293. The van der Waals surface area contributed by atoms with Crippen molar-refractivity contribution in [3.8, 4) is 11.1 Å². The van der Waals surface area contributed by atoms with Crippen LogP contribution in [0.5, 0.6) is 0 Å². The molecular formula is C40H42Cl2Zr. The van der Waals surface area contributed by atoms with E-state index in [0.717, 1.165) is 12.8 Å². The third-order valence-corrected chi connectivity index (χ3v) is 16.1. The van der Waals surface area contributed by atoms with E-state index in [1.807, 2.05) is 0 Å². The number of halogens is 2. The van der Waals surface area contributed by atoms with Crippen molar-refractivity contribution in [2.75, 3.05) is 0 Å². The van der Waals surface area contributed by atoms with Gasteiger partial charge in [-0.3, -0.25) is 0 Å². The molecule has 0 heterocycles. The summed E-state index contributed by atoms with van der Waals surface area (Å²) in [4.78, 5) is 0. The minimum Gasteiger partial charge on any atom is -1.00 e. The smallest absolute Gasteiger partial charge is 1.00 e. The first-order valence-corrected chi connectivity index (χ1v) is 19.2. The molecule has 4 aromatic rings. The van der Waals surface area contributed by atoms with Crippen molar-refractivity contribution in [1.29, 1.82) is 0 Å². The average molecular weight is 685 g/mol. The van der Waals surface area contributed by atoms with Gasteiger partial charge in [-0.05, 0) is 0 Å². The van der Waals surface area contributed by atoms with Crippen molar-refractivity contribution < 1.29 is 46.1 Å². The Hall–Kier alpha value is -2.31. The molecule has 0 N–H and O–H groups in total. The summed E-state index contributed by atoms with van der Waals surface area (Å²) in [5, 5.41) is 0. The maximum atomic E-state index is 2.81. The maximum absolute atomic E-state index is 2.81. The van der Waals surface area contributed by atoms with E-state index in [1.54, 1.807) is 14.4 Å². The molecule has 43 heavy (non-hydrogen) atoms. The van der Waals surface area contributed by atoms with Gasteiger partial charge in [-0.2, -0.15) is 0 Å². The summed E-state index contributed by atoms with van der Waals surface area (Å²) in [6, 6.07) is 36.8. The summed E-state index contributed by atoms with van der Waals surface area (Å²) in [5.41, 5.74) is 13.4. The number of hydrogen-bond acceptors (Lipinski definition) is 0. The summed E-state index contributed by atoms with van der Waals surface area (Å²) in [6.07, 6.45) is 7.19. The first kappa shape index (κ1) is 33.6. The van der Waals surface area contributed by atoms with E-state index in [4.69, 9.17) is 0 Å². The summed E-state index contributed by atoms with van der Waals surface area (Å²) < 4.78 is 5.02. The third kappa shape index (κ3) is 7.01. The largest absolute Gasteiger partial charge is 1.00 e. The molecule has 0 aromatic heterocycles. The fourth-order valence-electron chi connectivity index (χ4n) is 6.36. The second kappa shape index (κ2) is 13.4. The van der Waals surface area contributed by atoms with Gasteiger partial charge in [0.2, 0.25) is 0 Å². The minimum absolute atomic E-state index is 0. The average Bonchev–Trinajstić information content (AvgIpc) is 3.57. The van der Waals surface area contributed by atoms with Gasteiger partial charge in [0.1, 0.15) is 0 Å². The van der Waals surface area contributed by atoms with Gasteiger partial charge in [0.15, 0.2) is 0 Å². The molecule has 220 valence electrons. The van der Waals surface area contributed by atoms with Gasteiger partial charge in [0.25, 0.3) is 0 Å². The molecule has 0 atom stereocenters. The van der Waals surface area contributed by atoms with E-state index < -0.39 is 21.3 Å². The first-order chi connectivity index (χ1) is 19.6. The zero-order chi connectivity index (χ0) is 28.8. The van der Waals surface area contributed by atoms with Crippen molar-refractivity contribution in [2.24, 2.45) is 0 Å². The molecule has 0 fully saturated rings. The van der Waals surface area contributed by atoms with Crippen LogP contribution < -0.4 is 24.8 Å². The molecule has 0 radical (unpaired) electrons. The number of allylic oxidation sites excluding steroid dienone is 4. The number of hydrogen-bond donors (Lipinski definition) is 0. The Balaban J connectivity index is 0.00000212. The topological polar surface area (TPSA) is 0 Å². The van der Waals surface area contributed by atoms with Crippen LogP contribution >= 0.6 is 0 Å².